The van der Waals surface area contributed by atoms with Gasteiger partial charge in [0.2, 0.25) is 0 Å². The van der Waals surface area contributed by atoms with Gasteiger partial charge in [-0.3, -0.25) is 0 Å². The van der Waals surface area contributed by atoms with E-state index >= 15 is 0 Å². The van der Waals surface area contributed by atoms with Gasteiger partial charge in [0.1, 0.15) is 0 Å². The van der Waals surface area contributed by atoms with E-state index in [1.54, 1.807) is 13.0 Å². The first kappa shape index (κ1) is 19.2. The number of carbonyl (C=O) groups excluding carboxylic acids is 2. The van der Waals surface area contributed by atoms with E-state index in [9.17, 15) is 14.4 Å². The van der Waals surface area contributed by atoms with Crippen molar-refractivity contribution < 1.29 is 18.7 Å². The number of urea groups is 1. The Kier molecular flexibility index (Phi) is 5.32. The van der Waals surface area contributed by atoms with Crippen LogP contribution >= 0.6 is 22.7 Å². The normalized spacial score (nSPS) is 16.4. The minimum Gasteiger partial charge on any atom is -0.463 e. The average molecular weight is 432 g/mol. The smallest absolute Gasteiger partial charge is 0.437 e. The Morgan fingerprint density at radius 1 is 1.28 bits per heavy atom. The largest absolute Gasteiger partial charge is 0.463 e. The van der Waals surface area contributed by atoms with Gasteiger partial charge in [0, 0.05) is 4.88 Å². The van der Waals surface area contributed by atoms with Crippen molar-refractivity contribution in [3.8, 4) is 10.8 Å². The molecule has 1 unspecified atom stereocenters. The summed E-state index contributed by atoms with van der Waals surface area (Å²) in [5.74, 6) is -1.09. The van der Waals surface area contributed by atoms with Crippen LogP contribution in [0.15, 0.2) is 55.5 Å². The fraction of sp³-hybridized carbons (Fsp3) is 0.222. The minimum absolute atomic E-state index is 0.142. The lowest BCUT2D eigenvalue weighted by Crippen LogP contribution is -2.47. The topological polar surface area (TPSA) is 115 Å². The summed E-state index contributed by atoms with van der Waals surface area (Å²) < 4.78 is 11.5. The predicted molar refractivity (Wildman–Crippen MR) is 106 cm³/mol. The van der Waals surface area contributed by atoms with E-state index < -0.39 is 23.8 Å². The molecule has 0 bridgehead atoms. The summed E-state index contributed by atoms with van der Waals surface area (Å²) in [6.07, 6.45) is 0. The molecule has 1 atom stereocenters. The molecule has 0 aromatic carbocycles. The number of esters is 1. The average Bonchev–Trinajstić information content (AvgIpc) is 3.44. The molecular formula is C18H16N4O5S2. The van der Waals surface area contributed by atoms with Gasteiger partial charge in [-0.1, -0.05) is 12.1 Å². The zero-order valence-corrected chi connectivity index (χ0v) is 16.8. The number of thiophene rings is 2. The first-order chi connectivity index (χ1) is 14.1. The molecular weight excluding hydrogens is 416 g/mol. The van der Waals surface area contributed by atoms with E-state index in [1.165, 1.54) is 22.7 Å². The molecule has 4 rings (SSSR count). The Balaban J connectivity index is 1.75. The van der Waals surface area contributed by atoms with Gasteiger partial charge in [0.05, 0.1) is 35.3 Å². The maximum atomic E-state index is 12.7. The molecule has 3 aromatic heterocycles. The molecule has 0 fully saturated rings. The van der Waals surface area contributed by atoms with Crippen LogP contribution in [0.3, 0.4) is 0 Å². The second-order valence-electron chi connectivity index (χ2n) is 5.97. The lowest BCUT2D eigenvalue weighted by Gasteiger charge is -2.28. The highest BCUT2D eigenvalue weighted by molar-refractivity contribution is 7.13. The molecule has 0 saturated carbocycles. The Morgan fingerprint density at radius 2 is 2.07 bits per heavy atom. The monoisotopic (exact) mass is 432 g/mol. The fourth-order valence-corrected chi connectivity index (χ4v) is 4.35. The molecule has 2 amide bonds. The lowest BCUT2D eigenvalue weighted by molar-refractivity contribution is -0.139. The van der Waals surface area contributed by atoms with Crippen molar-refractivity contribution in [3.63, 3.8) is 0 Å². The van der Waals surface area contributed by atoms with Crippen LogP contribution in [0.25, 0.3) is 10.8 Å². The van der Waals surface area contributed by atoms with Gasteiger partial charge in [-0.05, 0) is 29.8 Å². The third-order valence-corrected chi connectivity index (χ3v) is 5.92. The van der Waals surface area contributed by atoms with Gasteiger partial charge < -0.3 is 19.8 Å². The van der Waals surface area contributed by atoms with Crippen LogP contribution in [0.4, 0.5) is 4.79 Å². The highest BCUT2D eigenvalue weighted by atomic mass is 32.1. The van der Waals surface area contributed by atoms with Crippen molar-refractivity contribution in [2.45, 2.75) is 19.5 Å². The number of carbonyl (C=O) groups is 2. The van der Waals surface area contributed by atoms with Crippen LogP contribution in [0.2, 0.25) is 0 Å². The Morgan fingerprint density at radius 3 is 2.76 bits per heavy atom. The second-order valence-corrected chi connectivity index (χ2v) is 7.89. The number of nitrogens with zero attached hydrogens (tertiary/aromatic N) is 2. The number of amides is 2. The molecule has 2 N–H and O–H groups in total. The van der Waals surface area contributed by atoms with Gasteiger partial charge >= 0.3 is 17.8 Å². The number of aromatic nitrogens is 2. The first-order valence-electron chi connectivity index (χ1n) is 8.69. The third kappa shape index (κ3) is 3.87. The summed E-state index contributed by atoms with van der Waals surface area (Å²) in [5.41, 5.74) is 0.459. The molecule has 4 heterocycles. The van der Waals surface area contributed by atoms with Crippen molar-refractivity contribution in [1.29, 1.82) is 0 Å². The van der Waals surface area contributed by atoms with Crippen LogP contribution in [0, 0.1) is 0 Å². The lowest BCUT2D eigenvalue weighted by atomic mass is 10.0. The van der Waals surface area contributed by atoms with Crippen LogP contribution < -0.4 is 16.4 Å². The number of allylic oxidation sites excluding steroid dienone is 1. The molecule has 9 nitrogen and oxygen atoms in total. The van der Waals surface area contributed by atoms with E-state index in [4.69, 9.17) is 9.15 Å². The molecule has 0 aliphatic carbocycles. The molecule has 1 aliphatic heterocycles. The number of ether oxygens (including phenoxy) is 1. The quantitative estimate of drug-likeness (QED) is 0.578. The van der Waals surface area contributed by atoms with Gasteiger partial charge in [0.25, 0.3) is 5.89 Å². The third-order valence-electron chi connectivity index (χ3n) is 4.12. The van der Waals surface area contributed by atoms with Crippen LogP contribution in [0.1, 0.15) is 17.8 Å². The summed E-state index contributed by atoms with van der Waals surface area (Å²) in [4.78, 5) is 38.7. The highest BCUT2D eigenvalue weighted by Gasteiger charge is 2.34. The molecule has 0 spiro atoms. The molecule has 1 aliphatic rings. The zero-order chi connectivity index (χ0) is 20.4. The van der Waals surface area contributed by atoms with E-state index in [1.807, 2.05) is 29.0 Å². The van der Waals surface area contributed by atoms with Crippen molar-refractivity contribution in [2.75, 3.05) is 6.61 Å². The fourth-order valence-electron chi connectivity index (χ4n) is 2.92. The van der Waals surface area contributed by atoms with E-state index in [2.05, 4.69) is 15.7 Å². The summed E-state index contributed by atoms with van der Waals surface area (Å²) in [5, 5.41) is 13.2. The summed E-state index contributed by atoms with van der Waals surface area (Å²) in [6.45, 7) is 1.73. The van der Waals surface area contributed by atoms with Crippen molar-refractivity contribution in [1.82, 2.24) is 20.4 Å². The maximum absolute atomic E-state index is 12.7. The van der Waals surface area contributed by atoms with Gasteiger partial charge in [0.15, 0.2) is 0 Å². The van der Waals surface area contributed by atoms with E-state index in [0.29, 0.717) is 4.88 Å². The molecule has 11 heteroatoms. The Bertz CT molecular complexity index is 1110. The second kappa shape index (κ2) is 8.05. The number of nitrogens with one attached hydrogen (secondary N) is 2. The number of hydrogen-bond donors (Lipinski definition) is 2. The molecule has 0 radical (unpaired) electrons. The number of hydrogen-bond acceptors (Lipinski definition) is 8. The van der Waals surface area contributed by atoms with Crippen LogP contribution in [-0.2, 0) is 16.1 Å². The van der Waals surface area contributed by atoms with Gasteiger partial charge in [-0.25, -0.2) is 14.4 Å². The Hall–Kier alpha value is -3.18. The van der Waals surface area contributed by atoms with Gasteiger partial charge in [-0.15, -0.1) is 27.8 Å². The number of rotatable bonds is 6. The minimum atomic E-state index is -0.690. The molecule has 150 valence electrons. The molecule has 29 heavy (non-hydrogen) atoms. The summed E-state index contributed by atoms with van der Waals surface area (Å²) >= 11 is 2.78. The summed E-state index contributed by atoms with van der Waals surface area (Å²) in [6, 6.07) is 6.07. The van der Waals surface area contributed by atoms with Crippen LogP contribution in [0.5, 0.6) is 0 Å². The SMILES string of the molecule is CCOC(=O)C1=C(Cn2nc(-c3cccs3)oc2=O)NC(=O)NC1c1cccs1. The van der Waals surface area contributed by atoms with Crippen molar-refractivity contribution in [3.05, 3.63) is 61.7 Å². The molecule has 3 aromatic rings. The van der Waals surface area contributed by atoms with Crippen molar-refractivity contribution >= 4 is 34.7 Å². The van der Waals surface area contributed by atoms with E-state index in [0.717, 1.165) is 9.56 Å². The van der Waals surface area contributed by atoms with Crippen molar-refractivity contribution in [2.24, 2.45) is 0 Å². The predicted octanol–water partition coefficient (Wildman–Crippen LogP) is 2.50. The maximum Gasteiger partial charge on any atom is 0.437 e. The molecule has 0 saturated heterocycles. The summed E-state index contributed by atoms with van der Waals surface area (Å²) in [7, 11) is 0. The Labute approximate surface area is 172 Å². The van der Waals surface area contributed by atoms with Crippen LogP contribution in [-0.4, -0.2) is 28.4 Å². The zero-order valence-electron chi connectivity index (χ0n) is 15.2. The van der Waals surface area contributed by atoms with Gasteiger partial charge in [-0.2, -0.15) is 4.68 Å². The van der Waals surface area contributed by atoms with E-state index in [-0.39, 0.29) is 30.3 Å². The first-order valence-corrected chi connectivity index (χ1v) is 10.5. The standard InChI is InChI=1S/C18H16N4O5S2/c1-2-26-16(23)13-10(19-17(24)20-14(13)11-5-3-7-28-11)9-22-18(25)27-15(21-22)12-6-4-8-29-12/h3-8,14H,2,9H2,1H3,(H2,19,20,24). The highest BCUT2D eigenvalue weighted by Crippen LogP contribution is 2.31.